The highest BCUT2D eigenvalue weighted by molar-refractivity contribution is 5.92. The lowest BCUT2D eigenvalue weighted by molar-refractivity contribution is -0.143. The molecule has 1 aromatic rings. The number of nitrogens with one attached hydrogen (secondary N) is 2. The normalized spacial score (nSPS) is 15.0. The Bertz CT molecular complexity index is 515. The number of hydrogen-bond acceptors (Lipinski definition) is 4. The van der Waals surface area contributed by atoms with Gasteiger partial charge in [0.1, 0.15) is 0 Å². The van der Waals surface area contributed by atoms with Gasteiger partial charge in [-0.15, -0.1) is 12.4 Å². The van der Waals surface area contributed by atoms with Crippen molar-refractivity contribution >= 4 is 30.0 Å². The molecule has 1 heterocycles. The smallest absolute Gasteiger partial charge is 0.306 e. The molecule has 2 N–H and O–H groups in total. The number of rotatable bonds is 7. The van der Waals surface area contributed by atoms with Crippen LogP contribution in [0.5, 0.6) is 0 Å². The van der Waals surface area contributed by atoms with Crippen molar-refractivity contribution in [3.8, 4) is 0 Å². The summed E-state index contributed by atoms with van der Waals surface area (Å²) in [5.74, 6) is 0.335. The van der Waals surface area contributed by atoms with Gasteiger partial charge in [-0.2, -0.15) is 0 Å². The Morgan fingerprint density at radius 1 is 1.30 bits per heavy atom. The molecular weight excluding hydrogens is 316 g/mol. The number of ether oxygens (including phenoxy) is 1. The molecule has 0 aromatic heterocycles. The number of esters is 1. The average molecular weight is 341 g/mol. The molecule has 1 saturated heterocycles. The van der Waals surface area contributed by atoms with E-state index in [-0.39, 0.29) is 30.2 Å². The summed E-state index contributed by atoms with van der Waals surface area (Å²) in [6, 6.07) is 7.63. The standard InChI is InChI=1S/C17H24N2O3.ClH/c1-3-22-16(20)9-6-13-4-7-15(8-5-13)19-17(21)12(2)14-10-18-11-14;/h4-5,7-8,12,14,18H,3,6,9-11H2,1-2H3,(H,19,21);1H. The van der Waals surface area contributed by atoms with E-state index >= 15 is 0 Å². The minimum Gasteiger partial charge on any atom is -0.466 e. The molecule has 1 amide bonds. The summed E-state index contributed by atoms with van der Waals surface area (Å²) in [6.45, 7) is 6.02. The second-order valence-electron chi connectivity index (χ2n) is 5.70. The maximum absolute atomic E-state index is 12.1. The number of anilines is 1. The third-order valence-electron chi connectivity index (χ3n) is 4.08. The number of hydrogen-bond donors (Lipinski definition) is 2. The van der Waals surface area contributed by atoms with Crippen LogP contribution >= 0.6 is 12.4 Å². The van der Waals surface area contributed by atoms with Crippen LogP contribution in [-0.4, -0.2) is 31.6 Å². The van der Waals surface area contributed by atoms with Gasteiger partial charge in [-0.1, -0.05) is 19.1 Å². The van der Waals surface area contributed by atoms with E-state index in [0.717, 1.165) is 24.3 Å². The van der Waals surface area contributed by atoms with E-state index in [4.69, 9.17) is 4.74 Å². The topological polar surface area (TPSA) is 67.4 Å². The van der Waals surface area contributed by atoms with E-state index in [1.54, 1.807) is 6.92 Å². The molecule has 23 heavy (non-hydrogen) atoms. The van der Waals surface area contributed by atoms with Gasteiger partial charge in [-0.25, -0.2) is 0 Å². The second-order valence-corrected chi connectivity index (χ2v) is 5.70. The highest BCUT2D eigenvalue weighted by Gasteiger charge is 2.28. The molecule has 0 spiro atoms. The zero-order valence-corrected chi connectivity index (χ0v) is 14.4. The maximum atomic E-state index is 12.1. The molecule has 1 aromatic carbocycles. The van der Waals surface area contributed by atoms with Crippen LogP contribution < -0.4 is 10.6 Å². The fraction of sp³-hybridized carbons (Fsp3) is 0.529. The molecule has 1 fully saturated rings. The number of aryl methyl sites for hydroxylation is 1. The predicted molar refractivity (Wildman–Crippen MR) is 92.8 cm³/mol. The van der Waals surface area contributed by atoms with Crippen LogP contribution in [0.2, 0.25) is 0 Å². The molecular formula is C17H25ClN2O3. The Labute approximate surface area is 143 Å². The number of carbonyl (C=O) groups excluding carboxylic acids is 2. The first-order valence-corrected chi connectivity index (χ1v) is 7.86. The van der Waals surface area contributed by atoms with E-state index < -0.39 is 0 Å². The third-order valence-corrected chi connectivity index (χ3v) is 4.08. The molecule has 128 valence electrons. The van der Waals surface area contributed by atoms with Crippen LogP contribution in [-0.2, 0) is 20.7 Å². The molecule has 5 nitrogen and oxygen atoms in total. The summed E-state index contributed by atoms with van der Waals surface area (Å²) < 4.78 is 4.90. The number of halogens is 1. The SMILES string of the molecule is CCOC(=O)CCc1ccc(NC(=O)C(C)C2CNC2)cc1.Cl. The van der Waals surface area contributed by atoms with E-state index in [1.165, 1.54) is 0 Å². The molecule has 1 atom stereocenters. The minimum absolute atomic E-state index is 0. The highest BCUT2D eigenvalue weighted by atomic mass is 35.5. The van der Waals surface area contributed by atoms with Gasteiger partial charge in [0.25, 0.3) is 0 Å². The molecule has 6 heteroatoms. The van der Waals surface area contributed by atoms with Crippen molar-refractivity contribution in [2.24, 2.45) is 11.8 Å². The molecule has 0 aliphatic carbocycles. The summed E-state index contributed by atoms with van der Waals surface area (Å²) >= 11 is 0. The third kappa shape index (κ3) is 5.84. The van der Waals surface area contributed by atoms with Crippen LogP contribution in [0.1, 0.15) is 25.8 Å². The van der Waals surface area contributed by atoms with Crippen molar-refractivity contribution in [3.63, 3.8) is 0 Å². The van der Waals surface area contributed by atoms with Crippen LogP contribution in [0.15, 0.2) is 24.3 Å². The van der Waals surface area contributed by atoms with Gasteiger partial charge in [0.2, 0.25) is 5.91 Å². The zero-order chi connectivity index (χ0) is 15.9. The Morgan fingerprint density at radius 3 is 2.48 bits per heavy atom. The monoisotopic (exact) mass is 340 g/mol. The molecule has 0 radical (unpaired) electrons. The lowest BCUT2D eigenvalue weighted by Gasteiger charge is -2.31. The van der Waals surface area contributed by atoms with Crippen LogP contribution in [0.4, 0.5) is 5.69 Å². The quantitative estimate of drug-likeness (QED) is 0.748. The molecule has 1 unspecified atom stereocenters. The van der Waals surface area contributed by atoms with E-state index in [1.807, 2.05) is 31.2 Å². The first-order valence-electron chi connectivity index (χ1n) is 7.86. The summed E-state index contributed by atoms with van der Waals surface area (Å²) in [4.78, 5) is 23.4. The Kier molecular flexibility index (Phi) is 8.06. The largest absolute Gasteiger partial charge is 0.466 e. The van der Waals surface area contributed by atoms with Gasteiger partial charge in [0.05, 0.1) is 6.61 Å². The number of benzene rings is 1. The van der Waals surface area contributed by atoms with Crippen LogP contribution in [0.25, 0.3) is 0 Å². The molecule has 0 saturated carbocycles. The van der Waals surface area contributed by atoms with Crippen molar-refractivity contribution in [3.05, 3.63) is 29.8 Å². The first-order chi connectivity index (χ1) is 10.6. The van der Waals surface area contributed by atoms with Gasteiger partial charge in [0.15, 0.2) is 0 Å². The summed E-state index contributed by atoms with van der Waals surface area (Å²) in [5.41, 5.74) is 1.85. The van der Waals surface area contributed by atoms with Gasteiger partial charge in [-0.05, 0) is 50.0 Å². The van der Waals surface area contributed by atoms with Gasteiger partial charge in [-0.3, -0.25) is 9.59 Å². The van der Waals surface area contributed by atoms with Crippen LogP contribution in [0, 0.1) is 11.8 Å². The average Bonchev–Trinajstić information content (AvgIpc) is 2.45. The van der Waals surface area contributed by atoms with Crippen molar-refractivity contribution in [2.75, 3.05) is 25.0 Å². The van der Waals surface area contributed by atoms with Gasteiger partial charge in [0, 0.05) is 18.0 Å². The lowest BCUT2D eigenvalue weighted by Crippen LogP contribution is -2.48. The molecule has 1 aliphatic rings. The van der Waals surface area contributed by atoms with Crippen molar-refractivity contribution < 1.29 is 14.3 Å². The minimum atomic E-state index is -0.178. The molecule has 0 bridgehead atoms. The Balaban J connectivity index is 0.00000264. The van der Waals surface area contributed by atoms with Crippen molar-refractivity contribution in [1.29, 1.82) is 0 Å². The fourth-order valence-electron chi connectivity index (χ4n) is 2.37. The summed E-state index contributed by atoms with van der Waals surface area (Å²) in [6.07, 6.45) is 1.03. The highest BCUT2D eigenvalue weighted by Crippen LogP contribution is 2.19. The Hall–Kier alpha value is -1.59. The van der Waals surface area contributed by atoms with E-state index in [2.05, 4.69) is 10.6 Å². The molecule has 1 aliphatic heterocycles. The fourth-order valence-corrected chi connectivity index (χ4v) is 2.37. The van der Waals surface area contributed by atoms with Gasteiger partial charge >= 0.3 is 5.97 Å². The summed E-state index contributed by atoms with van der Waals surface area (Å²) in [7, 11) is 0. The Morgan fingerprint density at radius 2 is 1.96 bits per heavy atom. The number of carbonyl (C=O) groups is 2. The lowest BCUT2D eigenvalue weighted by atomic mass is 9.88. The van der Waals surface area contributed by atoms with Crippen molar-refractivity contribution in [1.82, 2.24) is 5.32 Å². The predicted octanol–water partition coefficient (Wildman–Crippen LogP) is 2.40. The number of amides is 1. The summed E-state index contributed by atoms with van der Waals surface area (Å²) in [5, 5.41) is 6.13. The first kappa shape index (κ1) is 19.5. The van der Waals surface area contributed by atoms with E-state index in [0.29, 0.717) is 25.4 Å². The van der Waals surface area contributed by atoms with Crippen molar-refractivity contribution in [2.45, 2.75) is 26.7 Å². The van der Waals surface area contributed by atoms with Gasteiger partial charge < -0.3 is 15.4 Å². The second kappa shape index (κ2) is 9.53. The molecule has 2 rings (SSSR count). The van der Waals surface area contributed by atoms with E-state index in [9.17, 15) is 9.59 Å². The zero-order valence-electron chi connectivity index (χ0n) is 13.6. The maximum Gasteiger partial charge on any atom is 0.306 e. The van der Waals surface area contributed by atoms with Crippen LogP contribution in [0.3, 0.4) is 0 Å².